The van der Waals surface area contributed by atoms with Crippen LogP contribution in [0.3, 0.4) is 0 Å². The molecule has 3 heteroatoms. The number of ether oxygens (including phenoxy) is 1. The van der Waals surface area contributed by atoms with E-state index in [1.165, 1.54) is 24.0 Å². The molecule has 104 valence electrons. The molecule has 1 aliphatic carbocycles. The summed E-state index contributed by atoms with van der Waals surface area (Å²) >= 11 is 9.71. The molecule has 2 aromatic carbocycles. The summed E-state index contributed by atoms with van der Waals surface area (Å²) in [4.78, 5) is 0. The molecule has 0 heterocycles. The van der Waals surface area contributed by atoms with Crippen molar-refractivity contribution in [3.8, 4) is 0 Å². The Bertz CT molecular complexity index is 590. The van der Waals surface area contributed by atoms with Crippen molar-refractivity contribution < 1.29 is 4.74 Å². The summed E-state index contributed by atoms with van der Waals surface area (Å²) < 4.78 is 6.77. The van der Waals surface area contributed by atoms with Gasteiger partial charge < -0.3 is 4.74 Å². The summed E-state index contributed by atoms with van der Waals surface area (Å²) in [6.45, 7) is 0.725. The Labute approximate surface area is 133 Å². The van der Waals surface area contributed by atoms with Gasteiger partial charge in [-0.05, 0) is 54.2 Å². The quantitative estimate of drug-likeness (QED) is 0.703. The molecule has 0 bridgehead atoms. The highest BCUT2D eigenvalue weighted by molar-refractivity contribution is 9.10. The van der Waals surface area contributed by atoms with E-state index in [0.29, 0.717) is 6.10 Å². The van der Waals surface area contributed by atoms with E-state index in [4.69, 9.17) is 16.3 Å². The first-order valence-electron chi connectivity index (χ1n) is 6.84. The minimum Gasteiger partial charge on any atom is -0.374 e. The van der Waals surface area contributed by atoms with Gasteiger partial charge in [-0.1, -0.05) is 51.8 Å². The van der Waals surface area contributed by atoms with E-state index < -0.39 is 0 Å². The number of hydrogen-bond acceptors (Lipinski definition) is 1. The lowest BCUT2D eigenvalue weighted by Gasteiger charge is -2.07. The Morgan fingerprint density at radius 1 is 1.05 bits per heavy atom. The zero-order chi connectivity index (χ0) is 13.9. The van der Waals surface area contributed by atoms with Crippen LogP contribution in [0, 0.1) is 0 Å². The van der Waals surface area contributed by atoms with Crippen LogP contribution in [-0.4, -0.2) is 6.10 Å². The summed E-state index contributed by atoms with van der Waals surface area (Å²) in [7, 11) is 0. The third-order valence-electron chi connectivity index (χ3n) is 3.44. The lowest BCUT2D eigenvalue weighted by Crippen LogP contribution is -1.95. The maximum Gasteiger partial charge on any atom is 0.0720 e. The minimum absolute atomic E-state index is 0.509. The van der Waals surface area contributed by atoms with Gasteiger partial charge in [0.05, 0.1) is 12.7 Å². The molecule has 0 radical (unpaired) electrons. The molecule has 0 unspecified atom stereocenters. The van der Waals surface area contributed by atoms with Crippen LogP contribution in [0.2, 0.25) is 5.02 Å². The highest BCUT2D eigenvalue weighted by Crippen LogP contribution is 2.26. The van der Waals surface area contributed by atoms with Gasteiger partial charge in [-0.3, -0.25) is 0 Å². The number of rotatable bonds is 5. The van der Waals surface area contributed by atoms with Crippen LogP contribution in [0.25, 0.3) is 0 Å². The van der Waals surface area contributed by atoms with Gasteiger partial charge >= 0.3 is 0 Å². The first-order valence-corrected chi connectivity index (χ1v) is 8.01. The SMILES string of the molecule is Clc1ccc(Br)cc1Cc1ccc(COC2CC2)cc1. The van der Waals surface area contributed by atoms with Crippen molar-refractivity contribution in [2.75, 3.05) is 0 Å². The fourth-order valence-corrected chi connectivity index (χ4v) is 2.69. The molecule has 1 fully saturated rings. The topological polar surface area (TPSA) is 9.23 Å². The van der Waals surface area contributed by atoms with Crippen LogP contribution in [0.4, 0.5) is 0 Å². The first kappa shape index (κ1) is 14.1. The Balaban J connectivity index is 1.66. The van der Waals surface area contributed by atoms with Gasteiger partial charge in [0, 0.05) is 9.50 Å². The molecule has 0 amide bonds. The average Bonchev–Trinajstić information content (AvgIpc) is 3.26. The van der Waals surface area contributed by atoms with E-state index in [1.54, 1.807) is 0 Å². The standard InChI is InChI=1S/C17H16BrClO/c18-15-5-8-17(19)14(10-15)9-12-1-3-13(4-2-12)11-20-16-6-7-16/h1-5,8,10,16H,6-7,9,11H2. The second-order valence-electron chi connectivity index (χ2n) is 5.24. The number of hydrogen-bond donors (Lipinski definition) is 0. The zero-order valence-electron chi connectivity index (χ0n) is 11.1. The van der Waals surface area contributed by atoms with Crippen molar-refractivity contribution in [2.45, 2.75) is 32.0 Å². The van der Waals surface area contributed by atoms with E-state index in [-0.39, 0.29) is 0 Å². The number of benzene rings is 2. The molecule has 2 aromatic rings. The number of halogens is 2. The fourth-order valence-electron chi connectivity index (χ4n) is 2.10. The first-order chi connectivity index (χ1) is 9.70. The second kappa shape index (κ2) is 6.30. The molecular weight excluding hydrogens is 336 g/mol. The van der Waals surface area contributed by atoms with Crippen LogP contribution in [0.1, 0.15) is 29.5 Å². The molecule has 0 atom stereocenters. The third-order valence-corrected chi connectivity index (χ3v) is 4.30. The molecule has 0 aliphatic heterocycles. The van der Waals surface area contributed by atoms with Gasteiger partial charge in [0.2, 0.25) is 0 Å². The van der Waals surface area contributed by atoms with Crippen molar-refractivity contribution in [1.82, 2.24) is 0 Å². The summed E-state index contributed by atoms with van der Waals surface area (Å²) in [5.74, 6) is 0. The van der Waals surface area contributed by atoms with E-state index in [1.807, 2.05) is 12.1 Å². The minimum atomic E-state index is 0.509. The van der Waals surface area contributed by atoms with Gasteiger partial charge in [-0.15, -0.1) is 0 Å². The third kappa shape index (κ3) is 3.85. The van der Waals surface area contributed by atoms with Gasteiger partial charge in [0.25, 0.3) is 0 Å². The Kier molecular flexibility index (Phi) is 4.45. The van der Waals surface area contributed by atoms with Gasteiger partial charge in [0.15, 0.2) is 0 Å². The van der Waals surface area contributed by atoms with Crippen molar-refractivity contribution in [3.05, 3.63) is 68.7 Å². The predicted molar refractivity (Wildman–Crippen MR) is 86.2 cm³/mol. The molecule has 1 aliphatic rings. The highest BCUT2D eigenvalue weighted by Gasteiger charge is 2.21. The van der Waals surface area contributed by atoms with Gasteiger partial charge in [0.1, 0.15) is 0 Å². The van der Waals surface area contributed by atoms with E-state index >= 15 is 0 Å². The lowest BCUT2D eigenvalue weighted by molar-refractivity contribution is 0.106. The zero-order valence-corrected chi connectivity index (χ0v) is 13.5. The normalized spacial score (nSPS) is 14.5. The Hall–Kier alpha value is -0.830. The molecule has 3 rings (SSSR count). The Morgan fingerprint density at radius 2 is 1.75 bits per heavy atom. The van der Waals surface area contributed by atoms with Crippen LogP contribution < -0.4 is 0 Å². The fraction of sp³-hybridized carbons (Fsp3) is 0.294. The van der Waals surface area contributed by atoms with Crippen LogP contribution in [0.5, 0.6) is 0 Å². The molecule has 0 saturated heterocycles. The van der Waals surface area contributed by atoms with Crippen LogP contribution in [-0.2, 0) is 17.8 Å². The smallest absolute Gasteiger partial charge is 0.0720 e. The lowest BCUT2D eigenvalue weighted by atomic mass is 10.0. The molecule has 20 heavy (non-hydrogen) atoms. The summed E-state index contributed by atoms with van der Waals surface area (Å²) in [5.41, 5.74) is 3.64. The highest BCUT2D eigenvalue weighted by atomic mass is 79.9. The van der Waals surface area contributed by atoms with Crippen molar-refractivity contribution in [2.24, 2.45) is 0 Å². The second-order valence-corrected chi connectivity index (χ2v) is 6.56. The van der Waals surface area contributed by atoms with Crippen molar-refractivity contribution in [1.29, 1.82) is 0 Å². The van der Waals surface area contributed by atoms with Crippen LogP contribution >= 0.6 is 27.5 Å². The van der Waals surface area contributed by atoms with Gasteiger partial charge in [-0.2, -0.15) is 0 Å². The summed E-state index contributed by atoms with van der Waals surface area (Å²) in [6, 6.07) is 14.6. The largest absolute Gasteiger partial charge is 0.374 e. The van der Waals surface area contributed by atoms with Crippen molar-refractivity contribution in [3.63, 3.8) is 0 Å². The molecule has 0 aromatic heterocycles. The average molecular weight is 352 g/mol. The summed E-state index contributed by atoms with van der Waals surface area (Å²) in [6.07, 6.45) is 3.80. The molecule has 1 saturated carbocycles. The monoisotopic (exact) mass is 350 g/mol. The molecule has 0 N–H and O–H groups in total. The van der Waals surface area contributed by atoms with E-state index in [2.05, 4.69) is 46.3 Å². The van der Waals surface area contributed by atoms with Gasteiger partial charge in [-0.25, -0.2) is 0 Å². The van der Waals surface area contributed by atoms with Crippen LogP contribution in [0.15, 0.2) is 46.9 Å². The maximum absolute atomic E-state index is 6.23. The summed E-state index contributed by atoms with van der Waals surface area (Å²) in [5, 5.41) is 0.814. The maximum atomic E-state index is 6.23. The molecular formula is C17H16BrClO. The van der Waals surface area contributed by atoms with E-state index in [9.17, 15) is 0 Å². The molecule has 0 spiro atoms. The molecule has 1 nitrogen and oxygen atoms in total. The van der Waals surface area contributed by atoms with Crippen molar-refractivity contribution >= 4 is 27.5 Å². The van der Waals surface area contributed by atoms with E-state index in [0.717, 1.165) is 28.1 Å². The Morgan fingerprint density at radius 3 is 2.45 bits per heavy atom. The predicted octanol–water partition coefficient (Wildman–Crippen LogP) is 5.37.